The molecule has 31 heavy (non-hydrogen) atoms. The Hall–Kier alpha value is -3.19. The Balaban J connectivity index is 1.29. The molecule has 4 rings (SSSR count). The summed E-state index contributed by atoms with van der Waals surface area (Å²) in [7, 11) is 1.66. The first-order valence-corrected chi connectivity index (χ1v) is 10.6. The molecule has 0 atom stereocenters. The molecule has 0 unspecified atom stereocenters. The molecule has 0 aromatic heterocycles. The molecule has 3 amide bonds. The van der Waals surface area contributed by atoms with Gasteiger partial charge in [0, 0.05) is 51.1 Å². The van der Waals surface area contributed by atoms with Crippen LogP contribution >= 0.6 is 0 Å². The van der Waals surface area contributed by atoms with Gasteiger partial charge < -0.3 is 9.64 Å². The van der Waals surface area contributed by atoms with Gasteiger partial charge in [-0.15, -0.1) is 0 Å². The minimum atomic E-state index is -0.127. The number of carbonyl (C=O) groups is 3. The average molecular weight is 421 g/mol. The molecule has 0 saturated carbocycles. The first-order valence-electron chi connectivity index (χ1n) is 10.6. The molecule has 0 bridgehead atoms. The van der Waals surface area contributed by atoms with Crippen LogP contribution in [-0.4, -0.2) is 65.7 Å². The number of ether oxygens (including phenoxy) is 1. The van der Waals surface area contributed by atoms with Crippen molar-refractivity contribution in [3.63, 3.8) is 0 Å². The molecular weight excluding hydrogens is 394 g/mol. The van der Waals surface area contributed by atoms with Gasteiger partial charge in [-0.25, -0.2) is 0 Å². The number of hydrogen-bond donors (Lipinski definition) is 0. The summed E-state index contributed by atoms with van der Waals surface area (Å²) in [5.41, 5.74) is 2.71. The van der Waals surface area contributed by atoms with Crippen molar-refractivity contribution in [2.24, 2.45) is 0 Å². The van der Waals surface area contributed by atoms with E-state index in [1.807, 2.05) is 29.2 Å². The number of nitrogens with zero attached hydrogens (tertiary/aromatic N) is 3. The molecule has 0 spiro atoms. The number of carbonyl (C=O) groups excluding carboxylic acids is 3. The molecule has 7 heteroatoms. The maximum absolute atomic E-state index is 12.9. The van der Waals surface area contributed by atoms with Crippen molar-refractivity contribution < 1.29 is 19.1 Å². The molecule has 0 N–H and O–H groups in total. The van der Waals surface area contributed by atoms with Crippen molar-refractivity contribution in [2.75, 3.05) is 33.3 Å². The minimum absolute atomic E-state index is 0.0176. The first kappa shape index (κ1) is 21.1. The normalized spacial score (nSPS) is 17.3. The van der Waals surface area contributed by atoms with Crippen LogP contribution in [-0.2, 0) is 22.7 Å². The van der Waals surface area contributed by atoms with Crippen molar-refractivity contribution >= 4 is 17.7 Å². The molecular formula is C24H27N3O4. The third kappa shape index (κ3) is 4.94. The van der Waals surface area contributed by atoms with E-state index in [1.54, 1.807) is 19.2 Å². The monoisotopic (exact) mass is 421 g/mol. The second kappa shape index (κ2) is 9.31. The predicted octanol–water partition coefficient (Wildman–Crippen LogP) is 2.30. The van der Waals surface area contributed by atoms with Gasteiger partial charge in [-0.2, -0.15) is 0 Å². The van der Waals surface area contributed by atoms with Crippen LogP contribution < -0.4 is 4.74 Å². The smallest absolute Gasteiger partial charge is 0.253 e. The quantitative estimate of drug-likeness (QED) is 0.670. The second-order valence-electron chi connectivity index (χ2n) is 7.99. The molecule has 0 aliphatic carbocycles. The van der Waals surface area contributed by atoms with Crippen LogP contribution in [0.1, 0.15) is 34.3 Å². The maximum Gasteiger partial charge on any atom is 0.253 e. The highest BCUT2D eigenvalue weighted by Gasteiger charge is 2.29. The van der Waals surface area contributed by atoms with Crippen LogP contribution in [0.15, 0.2) is 48.5 Å². The summed E-state index contributed by atoms with van der Waals surface area (Å²) in [6.07, 6.45) is 0.583. The summed E-state index contributed by atoms with van der Waals surface area (Å²) in [5.74, 6) is 0.614. The highest BCUT2D eigenvalue weighted by molar-refractivity contribution is 6.01. The average Bonchev–Trinajstić information content (AvgIpc) is 3.12. The molecule has 2 saturated heterocycles. The topological polar surface area (TPSA) is 70.2 Å². The van der Waals surface area contributed by atoms with Crippen molar-refractivity contribution in [1.29, 1.82) is 0 Å². The van der Waals surface area contributed by atoms with Crippen LogP contribution in [0, 0.1) is 0 Å². The summed E-state index contributed by atoms with van der Waals surface area (Å²) < 4.78 is 5.20. The second-order valence-corrected chi connectivity index (χ2v) is 7.99. The van der Waals surface area contributed by atoms with Crippen molar-refractivity contribution in [1.82, 2.24) is 14.7 Å². The van der Waals surface area contributed by atoms with Crippen molar-refractivity contribution in [3.8, 4) is 5.75 Å². The summed E-state index contributed by atoms with van der Waals surface area (Å²) in [5, 5.41) is 0. The Labute approximate surface area is 182 Å². The van der Waals surface area contributed by atoms with E-state index in [2.05, 4.69) is 17.0 Å². The van der Waals surface area contributed by atoms with Gasteiger partial charge in [-0.3, -0.25) is 24.2 Å². The summed E-state index contributed by atoms with van der Waals surface area (Å²) in [6, 6.07) is 15.3. The van der Waals surface area contributed by atoms with Crippen molar-refractivity contribution in [3.05, 3.63) is 65.2 Å². The van der Waals surface area contributed by atoms with E-state index >= 15 is 0 Å². The van der Waals surface area contributed by atoms with E-state index in [9.17, 15) is 14.4 Å². The predicted molar refractivity (Wildman–Crippen MR) is 115 cm³/mol. The molecule has 2 aromatic carbocycles. The molecule has 162 valence electrons. The highest BCUT2D eigenvalue weighted by atomic mass is 16.5. The minimum Gasteiger partial charge on any atom is -0.497 e. The van der Waals surface area contributed by atoms with E-state index in [1.165, 1.54) is 10.5 Å². The number of methoxy groups -OCH3 is 1. The Morgan fingerprint density at radius 1 is 0.806 bits per heavy atom. The van der Waals surface area contributed by atoms with E-state index < -0.39 is 0 Å². The lowest BCUT2D eigenvalue weighted by molar-refractivity contribution is -0.139. The van der Waals surface area contributed by atoms with Gasteiger partial charge in [0.15, 0.2) is 0 Å². The zero-order valence-corrected chi connectivity index (χ0v) is 17.8. The summed E-state index contributed by atoms with van der Waals surface area (Å²) in [6.45, 7) is 4.16. The fourth-order valence-electron chi connectivity index (χ4n) is 4.02. The number of piperazine rings is 1. The van der Waals surface area contributed by atoms with Crippen LogP contribution in [0.2, 0.25) is 0 Å². The van der Waals surface area contributed by atoms with Gasteiger partial charge in [0.25, 0.3) is 5.91 Å². The maximum atomic E-state index is 12.9. The Morgan fingerprint density at radius 3 is 1.94 bits per heavy atom. The Kier molecular flexibility index (Phi) is 6.32. The third-order valence-corrected chi connectivity index (χ3v) is 5.92. The summed E-state index contributed by atoms with van der Waals surface area (Å²) in [4.78, 5) is 41.9. The molecule has 2 aromatic rings. The van der Waals surface area contributed by atoms with E-state index in [0.29, 0.717) is 31.5 Å². The number of rotatable bonds is 6. The lowest BCUT2D eigenvalue weighted by Crippen LogP contribution is -2.48. The molecule has 0 radical (unpaired) electrons. The van der Waals surface area contributed by atoms with Gasteiger partial charge in [0.2, 0.25) is 11.8 Å². The van der Waals surface area contributed by atoms with E-state index in [0.717, 1.165) is 30.9 Å². The zero-order chi connectivity index (χ0) is 21.8. The lowest BCUT2D eigenvalue weighted by atomic mass is 10.1. The van der Waals surface area contributed by atoms with Gasteiger partial charge >= 0.3 is 0 Å². The SMILES string of the molecule is COc1ccc(CN2CCN(C(=O)c3ccc(CN4C(=O)CCC4=O)cc3)CC2)cc1. The largest absolute Gasteiger partial charge is 0.497 e. The third-order valence-electron chi connectivity index (χ3n) is 5.92. The summed E-state index contributed by atoms with van der Waals surface area (Å²) >= 11 is 0. The fourth-order valence-corrected chi connectivity index (χ4v) is 4.02. The lowest BCUT2D eigenvalue weighted by Gasteiger charge is -2.34. The van der Waals surface area contributed by atoms with Crippen LogP contribution in [0.5, 0.6) is 5.75 Å². The van der Waals surface area contributed by atoms with Crippen LogP contribution in [0.25, 0.3) is 0 Å². The molecule has 2 fully saturated rings. The number of amides is 3. The van der Waals surface area contributed by atoms with Gasteiger partial charge in [-0.05, 0) is 35.4 Å². The first-order chi connectivity index (χ1) is 15.0. The molecule has 2 aliphatic heterocycles. The highest BCUT2D eigenvalue weighted by Crippen LogP contribution is 2.18. The van der Waals surface area contributed by atoms with E-state index in [-0.39, 0.29) is 24.3 Å². The van der Waals surface area contributed by atoms with Gasteiger partial charge in [-0.1, -0.05) is 24.3 Å². The number of imide groups is 1. The Morgan fingerprint density at radius 2 is 1.35 bits per heavy atom. The van der Waals surface area contributed by atoms with Crippen molar-refractivity contribution in [2.45, 2.75) is 25.9 Å². The number of benzene rings is 2. The standard InChI is InChI=1S/C24H27N3O4/c1-31-21-8-4-18(5-9-21)16-25-12-14-26(15-13-25)24(30)20-6-2-19(3-7-20)17-27-22(28)10-11-23(27)29/h2-9H,10-17H2,1H3. The number of likely N-dealkylation sites (tertiary alicyclic amines) is 1. The van der Waals surface area contributed by atoms with Crippen LogP contribution in [0.4, 0.5) is 0 Å². The van der Waals surface area contributed by atoms with Gasteiger partial charge in [0.1, 0.15) is 5.75 Å². The fraction of sp³-hybridized carbons (Fsp3) is 0.375. The van der Waals surface area contributed by atoms with E-state index in [4.69, 9.17) is 4.74 Å². The van der Waals surface area contributed by atoms with Gasteiger partial charge in [0.05, 0.1) is 13.7 Å². The zero-order valence-electron chi connectivity index (χ0n) is 17.8. The molecule has 7 nitrogen and oxygen atoms in total. The van der Waals surface area contributed by atoms with Crippen LogP contribution in [0.3, 0.4) is 0 Å². The molecule has 2 aliphatic rings. The number of hydrogen-bond acceptors (Lipinski definition) is 5. The Bertz CT molecular complexity index is 932. The molecule has 2 heterocycles.